The van der Waals surface area contributed by atoms with E-state index < -0.39 is 25.3 Å². The van der Waals surface area contributed by atoms with Crippen LogP contribution >= 0.6 is 7.67 Å². The summed E-state index contributed by atoms with van der Waals surface area (Å²) in [5.41, 5.74) is 0. The van der Waals surface area contributed by atoms with Gasteiger partial charge in [-0.1, -0.05) is 0 Å². The van der Waals surface area contributed by atoms with Gasteiger partial charge in [-0.2, -0.15) is 0 Å². The lowest BCUT2D eigenvalue weighted by atomic mass is 10.3. The van der Waals surface area contributed by atoms with Crippen LogP contribution in [0.2, 0.25) is 0 Å². The lowest BCUT2D eigenvalue weighted by molar-refractivity contribution is -0.391. The quantitative estimate of drug-likeness (QED) is 0.326. The molecule has 3 rings (SSSR count). The van der Waals surface area contributed by atoms with E-state index in [0.29, 0.717) is 26.2 Å². The molecule has 2 saturated heterocycles. The molecule has 2 aliphatic heterocycles. The number of aliphatic hydroxyl groups is 1. The Hall–Kier alpha value is -1.32. The van der Waals surface area contributed by atoms with E-state index in [0.717, 1.165) is 6.20 Å². The molecule has 0 spiro atoms. The Morgan fingerprint density at radius 1 is 1.48 bits per heavy atom. The fourth-order valence-corrected chi connectivity index (χ4v) is 4.42. The second-order valence-electron chi connectivity index (χ2n) is 4.97. The highest BCUT2D eigenvalue weighted by molar-refractivity contribution is 7.54. The van der Waals surface area contributed by atoms with Gasteiger partial charge in [0, 0.05) is 26.2 Å². The minimum absolute atomic E-state index is 0.188. The van der Waals surface area contributed by atoms with Gasteiger partial charge in [0.05, 0.1) is 13.7 Å². The smallest absolute Gasteiger partial charge is 0.347 e. The third-order valence-electron chi connectivity index (χ3n) is 3.47. The molecule has 1 aromatic heterocycles. The maximum absolute atomic E-state index is 12.9. The van der Waals surface area contributed by atoms with Gasteiger partial charge < -0.3 is 15.2 Å². The maximum Gasteiger partial charge on any atom is 0.347 e. The summed E-state index contributed by atoms with van der Waals surface area (Å²) in [5.74, 6) is -0.0199. The Labute approximate surface area is 120 Å². The van der Waals surface area contributed by atoms with Crippen molar-refractivity contribution in [1.82, 2.24) is 18.9 Å². The van der Waals surface area contributed by atoms with Gasteiger partial charge in [-0.25, -0.2) is 18.9 Å². The van der Waals surface area contributed by atoms with Crippen molar-refractivity contribution < 1.29 is 19.1 Å². The van der Waals surface area contributed by atoms with Crippen LogP contribution in [0.15, 0.2) is 6.20 Å². The summed E-state index contributed by atoms with van der Waals surface area (Å²) in [6.07, 6.45) is 0.136. The number of nitrogens with zero attached hydrogens (tertiary/aromatic N) is 5. The van der Waals surface area contributed by atoms with Crippen molar-refractivity contribution in [2.45, 2.75) is 6.10 Å². The second kappa shape index (κ2) is 5.15. The Kier molecular flexibility index (Phi) is 3.58. The molecule has 3 heterocycles. The van der Waals surface area contributed by atoms with E-state index in [9.17, 15) is 19.8 Å². The summed E-state index contributed by atoms with van der Waals surface area (Å²) in [5, 5.41) is 20.4. The second-order valence-corrected chi connectivity index (χ2v) is 7.29. The summed E-state index contributed by atoms with van der Waals surface area (Å²) in [4.78, 5) is 14.2. The molecule has 21 heavy (non-hydrogen) atoms. The summed E-state index contributed by atoms with van der Waals surface area (Å²) in [6, 6.07) is 0. The van der Waals surface area contributed by atoms with Crippen molar-refractivity contribution in [3.8, 4) is 0 Å². The molecule has 0 radical (unpaired) electrons. The maximum atomic E-state index is 12.9. The van der Waals surface area contributed by atoms with Crippen LogP contribution in [0, 0.1) is 10.1 Å². The number of aliphatic hydroxyl groups excluding tert-OH is 1. The van der Waals surface area contributed by atoms with Crippen molar-refractivity contribution in [3.63, 3.8) is 0 Å². The first-order valence-corrected chi connectivity index (χ1v) is 8.06. The monoisotopic (exact) mass is 317 g/mol. The van der Waals surface area contributed by atoms with Crippen molar-refractivity contribution >= 4 is 13.5 Å². The van der Waals surface area contributed by atoms with E-state index in [1.165, 1.54) is 11.6 Å². The topological polar surface area (TPSA) is 114 Å². The fourth-order valence-electron chi connectivity index (χ4n) is 2.12. The van der Waals surface area contributed by atoms with Gasteiger partial charge in [0.2, 0.25) is 5.82 Å². The molecule has 1 N–H and O–H groups in total. The zero-order chi connectivity index (χ0) is 15.2. The van der Waals surface area contributed by atoms with Gasteiger partial charge in [0.25, 0.3) is 0 Å². The molecule has 0 aromatic carbocycles. The van der Waals surface area contributed by atoms with Crippen molar-refractivity contribution in [2.24, 2.45) is 7.05 Å². The number of rotatable bonds is 7. The average Bonchev–Trinajstić information content (AvgIpc) is 3.32. The third kappa shape index (κ3) is 2.60. The molecule has 10 nitrogen and oxygen atoms in total. The first kappa shape index (κ1) is 14.6. The fraction of sp³-hybridized carbons (Fsp3) is 0.700. The van der Waals surface area contributed by atoms with E-state index in [2.05, 4.69) is 4.98 Å². The van der Waals surface area contributed by atoms with Gasteiger partial charge in [-0.05, 0) is 4.92 Å². The van der Waals surface area contributed by atoms with Crippen LogP contribution in [0.3, 0.4) is 0 Å². The Balaban J connectivity index is 1.85. The van der Waals surface area contributed by atoms with Crippen molar-refractivity contribution in [3.05, 3.63) is 22.1 Å². The molecule has 11 heteroatoms. The largest absolute Gasteiger partial charge is 0.393 e. The van der Waals surface area contributed by atoms with Gasteiger partial charge in [0.1, 0.15) is 6.20 Å². The minimum Gasteiger partial charge on any atom is -0.393 e. The highest BCUT2D eigenvalue weighted by Gasteiger charge is 2.51. The minimum atomic E-state index is -3.13. The standard InChI is InChI=1S/C10H16N5O5P/c1-12-9(15(17)18)6-11-10(12)8(7-16)20-21(19,13-2-3-13)14-4-5-14/h6,8,16H,2-5,7H2,1H3. The normalized spacial score (nSPS) is 20.5. The first-order chi connectivity index (χ1) is 9.97. The van der Waals surface area contributed by atoms with Crippen LogP contribution in [0.4, 0.5) is 5.82 Å². The molecular formula is C10H16N5O5P. The molecule has 0 bridgehead atoms. The van der Waals surface area contributed by atoms with Gasteiger partial charge in [-0.3, -0.25) is 9.09 Å². The lowest BCUT2D eigenvalue weighted by Crippen LogP contribution is -2.18. The van der Waals surface area contributed by atoms with Crippen LogP contribution < -0.4 is 0 Å². The molecule has 1 atom stereocenters. The van der Waals surface area contributed by atoms with Crippen LogP contribution in [-0.2, 0) is 16.1 Å². The molecule has 2 fully saturated rings. The summed E-state index contributed by atoms with van der Waals surface area (Å²) >= 11 is 0. The Bertz CT molecular complexity index is 595. The van der Waals surface area contributed by atoms with E-state index in [-0.39, 0.29) is 11.6 Å². The zero-order valence-corrected chi connectivity index (χ0v) is 12.3. The number of aromatic nitrogens is 2. The van der Waals surface area contributed by atoms with Crippen molar-refractivity contribution in [2.75, 3.05) is 32.8 Å². The van der Waals surface area contributed by atoms with E-state index in [1.807, 2.05) is 0 Å². The van der Waals surface area contributed by atoms with E-state index in [4.69, 9.17) is 4.52 Å². The molecule has 1 aromatic rings. The van der Waals surface area contributed by atoms with Crippen LogP contribution in [-0.4, -0.2) is 61.7 Å². The highest BCUT2D eigenvalue weighted by atomic mass is 31.2. The predicted octanol–water partition coefficient (Wildman–Crippen LogP) is 0.118. The van der Waals surface area contributed by atoms with Crippen LogP contribution in [0.1, 0.15) is 11.9 Å². The SMILES string of the molecule is Cn1c([N+](=O)[O-])cnc1C(CO)OP(=O)(N1CC1)N1CC1. The van der Waals surface area contributed by atoms with Crippen molar-refractivity contribution in [1.29, 1.82) is 0 Å². The molecule has 0 amide bonds. The Morgan fingerprint density at radius 2 is 2.05 bits per heavy atom. The zero-order valence-electron chi connectivity index (χ0n) is 11.5. The van der Waals surface area contributed by atoms with E-state index >= 15 is 0 Å². The van der Waals surface area contributed by atoms with E-state index in [1.54, 1.807) is 9.34 Å². The molecule has 0 saturated carbocycles. The number of hydrogen-bond acceptors (Lipinski definition) is 6. The number of imidazole rings is 1. The van der Waals surface area contributed by atoms with Gasteiger partial charge in [0.15, 0.2) is 6.10 Å². The third-order valence-corrected chi connectivity index (χ3v) is 6.23. The van der Waals surface area contributed by atoms with Gasteiger partial charge >= 0.3 is 13.5 Å². The molecule has 116 valence electrons. The summed E-state index contributed by atoms with van der Waals surface area (Å²) in [6.45, 7) is 2.30. The number of nitro groups is 1. The number of hydrogen-bond donors (Lipinski definition) is 1. The predicted molar refractivity (Wildman–Crippen MR) is 71.5 cm³/mol. The van der Waals surface area contributed by atoms with Gasteiger partial charge in [-0.15, -0.1) is 0 Å². The lowest BCUT2D eigenvalue weighted by Gasteiger charge is -2.23. The molecule has 2 aliphatic rings. The first-order valence-electron chi connectivity index (χ1n) is 6.53. The van der Waals surface area contributed by atoms with Crippen LogP contribution in [0.5, 0.6) is 0 Å². The average molecular weight is 317 g/mol. The molecular weight excluding hydrogens is 301 g/mol. The molecule has 0 aliphatic carbocycles. The summed E-state index contributed by atoms with van der Waals surface area (Å²) < 4.78 is 23.2. The van der Waals surface area contributed by atoms with Crippen LogP contribution in [0.25, 0.3) is 0 Å². The Morgan fingerprint density at radius 3 is 2.43 bits per heavy atom. The highest BCUT2D eigenvalue weighted by Crippen LogP contribution is 2.63. The summed E-state index contributed by atoms with van der Waals surface area (Å²) in [7, 11) is -1.67. The molecule has 1 unspecified atom stereocenters.